The minimum absolute atomic E-state index is 0.0702. The number of esters is 1. The van der Waals surface area contributed by atoms with E-state index in [4.69, 9.17) is 39.5 Å². The number of halogens is 3. The Morgan fingerprint density at radius 1 is 1.29 bits per heavy atom. The first-order valence-corrected chi connectivity index (χ1v) is 8.46. The molecule has 5 nitrogen and oxygen atoms in total. The summed E-state index contributed by atoms with van der Waals surface area (Å²) < 4.78 is 4.75. The van der Waals surface area contributed by atoms with Gasteiger partial charge in [0, 0.05) is 22.5 Å². The lowest BCUT2D eigenvalue weighted by atomic mass is 10.2. The third kappa shape index (κ3) is 3.74. The summed E-state index contributed by atoms with van der Waals surface area (Å²) in [5.74, 6) is 0.673. The van der Waals surface area contributed by atoms with Crippen LogP contribution in [0.25, 0.3) is 0 Å². The minimum atomic E-state index is -0.586. The molecule has 1 aliphatic carbocycles. The molecule has 0 aliphatic heterocycles. The Morgan fingerprint density at radius 2 is 2.04 bits per heavy atom. The third-order valence-corrected chi connectivity index (χ3v) is 4.60. The number of carbonyl (C=O) groups excluding carboxylic acids is 1. The van der Waals surface area contributed by atoms with Gasteiger partial charge in [0.05, 0.1) is 7.11 Å². The van der Waals surface area contributed by atoms with Crippen LogP contribution < -0.4 is 5.32 Å². The standard InChI is InChI=1S/C16H14Cl3N3O2/c1-24-16(23)13-12(19)15(22-14(21-13)8-2-3-8)20-7-9-4-5-10(17)6-11(9)18/h4-6,8H,2-3,7H2,1H3,(H,20,21,22). The van der Waals surface area contributed by atoms with Gasteiger partial charge in [-0.2, -0.15) is 0 Å². The summed E-state index contributed by atoms with van der Waals surface area (Å²) >= 11 is 18.3. The van der Waals surface area contributed by atoms with Gasteiger partial charge in [-0.15, -0.1) is 0 Å². The molecule has 24 heavy (non-hydrogen) atoms. The van der Waals surface area contributed by atoms with E-state index < -0.39 is 5.97 Å². The normalized spacial score (nSPS) is 13.7. The Labute approximate surface area is 154 Å². The summed E-state index contributed by atoms with van der Waals surface area (Å²) in [5.41, 5.74) is 0.907. The van der Waals surface area contributed by atoms with Gasteiger partial charge in [0.15, 0.2) is 5.69 Å². The van der Waals surface area contributed by atoms with Crippen LogP contribution in [-0.4, -0.2) is 23.0 Å². The minimum Gasteiger partial charge on any atom is -0.464 e. The van der Waals surface area contributed by atoms with Crippen molar-refractivity contribution < 1.29 is 9.53 Å². The molecule has 1 saturated carbocycles. The van der Waals surface area contributed by atoms with Crippen LogP contribution in [0.15, 0.2) is 18.2 Å². The van der Waals surface area contributed by atoms with Crippen LogP contribution in [0.2, 0.25) is 15.1 Å². The van der Waals surface area contributed by atoms with Crippen molar-refractivity contribution in [3.8, 4) is 0 Å². The first-order valence-electron chi connectivity index (χ1n) is 7.33. The monoisotopic (exact) mass is 385 g/mol. The SMILES string of the molecule is COC(=O)c1nc(C2CC2)nc(NCc2ccc(Cl)cc2Cl)c1Cl. The van der Waals surface area contributed by atoms with Crippen LogP contribution in [0.5, 0.6) is 0 Å². The van der Waals surface area contributed by atoms with Crippen LogP contribution >= 0.6 is 34.8 Å². The topological polar surface area (TPSA) is 64.1 Å². The summed E-state index contributed by atoms with van der Waals surface area (Å²) in [4.78, 5) is 20.6. The fourth-order valence-corrected chi connectivity index (χ4v) is 2.89. The maximum Gasteiger partial charge on any atom is 0.358 e. The Hall–Kier alpha value is -1.56. The van der Waals surface area contributed by atoms with Gasteiger partial charge in [-0.25, -0.2) is 14.8 Å². The molecule has 1 aliphatic rings. The first-order chi connectivity index (χ1) is 11.5. The molecule has 0 amide bonds. The molecule has 8 heteroatoms. The van der Waals surface area contributed by atoms with Crippen LogP contribution in [0.1, 0.15) is 40.6 Å². The molecule has 126 valence electrons. The zero-order chi connectivity index (χ0) is 17.3. The van der Waals surface area contributed by atoms with Crippen LogP contribution in [0.3, 0.4) is 0 Å². The fraction of sp³-hybridized carbons (Fsp3) is 0.312. The largest absolute Gasteiger partial charge is 0.464 e. The Bertz CT molecular complexity index is 794. The average Bonchev–Trinajstić information content (AvgIpc) is 3.39. The lowest BCUT2D eigenvalue weighted by Crippen LogP contribution is -2.12. The summed E-state index contributed by atoms with van der Waals surface area (Å²) in [7, 11) is 1.29. The molecular weight excluding hydrogens is 373 g/mol. The highest BCUT2D eigenvalue weighted by Gasteiger charge is 2.30. The first kappa shape index (κ1) is 17.3. The molecule has 3 rings (SSSR count). The van der Waals surface area contributed by atoms with E-state index in [0.29, 0.717) is 28.2 Å². The van der Waals surface area contributed by atoms with Crippen LogP contribution in [0.4, 0.5) is 5.82 Å². The molecule has 0 saturated heterocycles. The Kier molecular flexibility index (Phi) is 5.13. The van der Waals surface area contributed by atoms with Gasteiger partial charge in [-0.1, -0.05) is 40.9 Å². The Balaban J connectivity index is 1.88. The predicted octanol–water partition coefficient (Wildman–Crippen LogP) is 4.71. The number of benzene rings is 1. The van der Waals surface area contributed by atoms with E-state index in [1.165, 1.54) is 7.11 Å². The molecule has 0 radical (unpaired) electrons. The summed E-state index contributed by atoms with van der Waals surface area (Å²) in [6, 6.07) is 5.23. The van der Waals surface area contributed by atoms with Crippen molar-refractivity contribution >= 4 is 46.6 Å². The zero-order valence-electron chi connectivity index (χ0n) is 12.8. The highest BCUT2D eigenvalue weighted by Crippen LogP contribution is 2.39. The summed E-state index contributed by atoms with van der Waals surface area (Å²) in [6.45, 7) is 0.386. The molecule has 0 bridgehead atoms. The molecule has 1 aromatic heterocycles. The van der Waals surface area contributed by atoms with Gasteiger partial charge in [0.2, 0.25) is 0 Å². The van der Waals surface area contributed by atoms with E-state index in [0.717, 1.165) is 18.4 Å². The van der Waals surface area contributed by atoms with Gasteiger partial charge in [-0.3, -0.25) is 0 Å². The van der Waals surface area contributed by atoms with E-state index >= 15 is 0 Å². The second-order valence-electron chi connectivity index (χ2n) is 5.45. The number of anilines is 1. The van der Waals surface area contributed by atoms with Gasteiger partial charge in [-0.05, 0) is 30.5 Å². The zero-order valence-corrected chi connectivity index (χ0v) is 15.0. The second kappa shape index (κ2) is 7.13. The molecule has 0 unspecified atom stereocenters. The maximum absolute atomic E-state index is 11.9. The van der Waals surface area contributed by atoms with E-state index in [2.05, 4.69) is 15.3 Å². The molecule has 2 aromatic rings. The number of ether oxygens (including phenoxy) is 1. The Morgan fingerprint density at radius 3 is 2.67 bits per heavy atom. The predicted molar refractivity (Wildman–Crippen MR) is 94.1 cm³/mol. The van der Waals surface area contributed by atoms with Crippen molar-refractivity contribution in [2.75, 3.05) is 12.4 Å². The molecule has 1 fully saturated rings. The highest BCUT2D eigenvalue weighted by molar-refractivity contribution is 6.36. The molecule has 1 heterocycles. The second-order valence-corrected chi connectivity index (χ2v) is 6.67. The van der Waals surface area contributed by atoms with Gasteiger partial charge >= 0.3 is 5.97 Å². The number of rotatable bonds is 5. The lowest BCUT2D eigenvalue weighted by Gasteiger charge is -2.12. The van der Waals surface area contributed by atoms with Crippen LogP contribution in [0, 0.1) is 0 Å². The number of methoxy groups -OCH3 is 1. The van der Waals surface area contributed by atoms with Gasteiger partial charge in [0.25, 0.3) is 0 Å². The number of aromatic nitrogens is 2. The van der Waals surface area contributed by atoms with E-state index in [1.807, 2.05) is 6.07 Å². The smallest absolute Gasteiger partial charge is 0.358 e. The van der Waals surface area contributed by atoms with E-state index in [9.17, 15) is 4.79 Å². The van der Waals surface area contributed by atoms with Crippen molar-refractivity contribution in [1.29, 1.82) is 0 Å². The van der Waals surface area contributed by atoms with E-state index in [-0.39, 0.29) is 16.6 Å². The highest BCUT2D eigenvalue weighted by atomic mass is 35.5. The number of hydrogen-bond acceptors (Lipinski definition) is 5. The van der Waals surface area contributed by atoms with Gasteiger partial charge in [0.1, 0.15) is 16.7 Å². The molecule has 0 spiro atoms. The van der Waals surface area contributed by atoms with Crippen LogP contribution in [-0.2, 0) is 11.3 Å². The number of nitrogens with one attached hydrogen (secondary N) is 1. The number of hydrogen-bond donors (Lipinski definition) is 1. The average molecular weight is 387 g/mol. The van der Waals surface area contributed by atoms with Crippen molar-refractivity contribution in [1.82, 2.24) is 9.97 Å². The molecule has 1 aromatic carbocycles. The maximum atomic E-state index is 11.9. The quantitative estimate of drug-likeness (QED) is 0.754. The van der Waals surface area contributed by atoms with Crippen molar-refractivity contribution in [2.24, 2.45) is 0 Å². The van der Waals surface area contributed by atoms with Gasteiger partial charge < -0.3 is 10.1 Å². The molecule has 1 N–H and O–H groups in total. The van der Waals surface area contributed by atoms with E-state index in [1.54, 1.807) is 12.1 Å². The van der Waals surface area contributed by atoms with Crippen molar-refractivity contribution in [3.63, 3.8) is 0 Å². The number of nitrogens with zero attached hydrogens (tertiary/aromatic N) is 2. The summed E-state index contributed by atoms with van der Waals surface area (Å²) in [6.07, 6.45) is 2.01. The molecule has 0 atom stereocenters. The third-order valence-electron chi connectivity index (χ3n) is 3.65. The van der Waals surface area contributed by atoms with Crippen molar-refractivity contribution in [2.45, 2.75) is 25.3 Å². The summed E-state index contributed by atoms with van der Waals surface area (Å²) in [5, 5.41) is 4.35. The lowest BCUT2D eigenvalue weighted by molar-refractivity contribution is 0.0593. The fourth-order valence-electron chi connectivity index (χ4n) is 2.18. The van der Waals surface area contributed by atoms with Crippen molar-refractivity contribution in [3.05, 3.63) is 50.3 Å². The molecular formula is C16H14Cl3N3O2. The number of carbonyl (C=O) groups is 1.